The molecule has 4 N–H and O–H groups in total. The minimum absolute atomic E-state index is 0.625. The first-order valence-electron chi connectivity index (χ1n) is 6.56. The second-order valence-electron chi connectivity index (χ2n) is 4.24. The van der Waals surface area contributed by atoms with E-state index in [0.717, 1.165) is 26.2 Å². The van der Waals surface area contributed by atoms with Crippen molar-refractivity contribution in [3.05, 3.63) is 21.4 Å². The molecule has 0 aliphatic rings. The van der Waals surface area contributed by atoms with E-state index in [2.05, 4.69) is 35.6 Å². The van der Waals surface area contributed by atoms with Gasteiger partial charge in [0.25, 0.3) is 0 Å². The van der Waals surface area contributed by atoms with E-state index in [1.165, 1.54) is 15.3 Å². The SMILES string of the molecule is CCOCCCNC(=NCc1cc(C)c(C)s1)NN. The van der Waals surface area contributed by atoms with E-state index >= 15 is 0 Å². The molecule has 6 heteroatoms. The van der Waals surface area contributed by atoms with Crippen molar-refractivity contribution in [3.8, 4) is 0 Å². The monoisotopic (exact) mass is 284 g/mol. The first-order valence-corrected chi connectivity index (χ1v) is 7.37. The Bertz CT molecular complexity index is 384. The molecule has 0 bridgehead atoms. The summed E-state index contributed by atoms with van der Waals surface area (Å²) in [6.45, 7) is 9.20. The van der Waals surface area contributed by atoms with E-state index in [1.54, 1.807) is 11.3 Å². The maximum atomic E-state index is 5.44. The quantitative estimate of drug-likeness (QED) is 0.234. The summed E-state index contributed by atoms with van der Waals surface area (Å²) in [6, 6.07) is 2.17. The number of aryl methyl sites for hydroxylation is 2. The Morgan fingerprint density at radius 2 is 2.26 bits per heavy atom. The van der Waals surface area contributed by atoms with E-state index < -0.39 is 0 Å². The molecule has 0 aliphatic carbocycles. The lowest BCUT2D eigenvalue weighted by Crippen LogP contribution is -2.42. The molecule has 1 rings (SSSR count). The van der Waals surface area contributed by atoms with Crippen molar-refractivity contribution in [2.24, 2.45) is 10.8 Å². The maximum Gasteiger partial charge on any atom is 0.206 e. The van der Waals surface area contributed by atoms with Crippen molar-refractivity contribution in [1.82, 2.24) is 10.7 Å². The number of nitrogens with one attached hydrogen (secondary N) is 2. The number of thiophene rings is 1. The second-order valence-corrected chi connectivity index (χ2v) is 5.58. The van der Waals surface area contributed by atoms with Crippen LogP contribution in [0.2, 0.25) is 0 Å². The third kappa shape index (κ3) is 6.04. The lowest BCUT2D eigenvalue weighted by atomic mass is 10.3. The molecule has 0 aromatic carbocycles. The molecule has 108 valence electrons. The molecule has 0 radical (unpaired) electrons. The topological polar surface area (TPSA) is 71.7 Å². The minimum atomic E-state index is 0.625. The summed E-state index contributed by atoms with van der Waals surface area (Å²) in [5.41, 5.74) is 3.91. The standard InChI is InChI=1S/C13H24N4OS/c1-4-18-7-5-6-15-13(17-14)16-9-12-8-10(2)11(3)19-12/h8H,4-7,9,14H2,1-3H3,(H2,15,16,17). The van der Waals surface area contributed by atoms with Gasteiger partial charge >= 0.3 is 0 Å². The molecule has 0 aliphatic heterocycles. The molecule has 1 aromatic heterocycles. The van der Waals surface area contributed by atoms with E-state index in [9.17, 15) is 0 Å². The van der Waals surface area contributed by atoms with Gasteiger partial charge in [-0.2, -0.15) is 0 Å². The highest BCUT2D eigenvalue weighted by molar-refractivity contribution is 7.12. The zero-order chi connectivity index (χ0) is 14.1. The predicted octanol–water partition coefficient (Wildman–Crippen LogP) is 1.70. The summed E-state index contributed by atoms with van der Waals surface area (Å²) in [5, 5.41) is 3.16. The molecule has 0 saturated heterocycles. The Hall–Kier alpha value is -1.11. The smallest absolute Gasteiger partial charge is 0.206 e. The average Bonchev–Trinajstić information content (AvgIpc) is 2.72. The van der Waals surface area contributed by atoms with Crippen LogP contribution in [0, 0.1) is 13.8 Å². The Morgan fingerprint density at radius 3 is 2.84 bits per heavy atom. The van der Waals surface area contributed by atoms with Crippen molar-refractivity contribution in [2.45, 2.75) is 33.7 Å². The third-order valence-corrected chi connectivity index (χ3v) is 3.85. The molecule has 19 heavy (non-hydrogen) atoms. The van der Waals surface area contributed by atoms with Crippen molar-refractivity contribution in [3.63, 3.8) is 0 Å². The molecule has 0 atom stereocenters. The molecule has 0 unspecified atom stereocenters. The molecule has 1 heterocycles. The van der Waals surface area contributed by atoms with Crippen LogP contribution in [0.25, 0.3) is 0 Å². The fourth-order valence-electron chi connectivity index (χ4n) is 1.56. The van der Waals surface area contributed by atoms with Crippen LogP contribution in [0.4, 0.5) is 0 Å². The van der Waals surface area contributed by atoms with Crippen LogP contribution in [0.1, 0.15) is 28.7 Å². The third-order valence-electron chi connectivity index (χ3n) is 2.71. The fourth-order valence-corrected chi connectivity index (χ4v) is 2.54. The Labute approximate surface area is 119 Å². The largest absolute Gasteiger partial charge is 0.382 e. The molecule has 5 nitrogen and oxygen atoms in total. The highest BCUT2D eigenvalue weighted by Crippen LogP contribution is 2.20. The van der Waals surface area contributed by atoms with Crippen LogP contribution in [-0.4, -0.2) is 25.7 Å². The van der Waals surface area contributed by atoms with E-state index in [-0.39, 0.29) is 0 Å². The zero-order valence-electron chi connectivity index (χ0n) is 12.0. The summed E-state index contributed by atoms with van der Waals surface area (Å²) >= 11 is 1.78. The van der Waals surface area contributed by atoms with Crippen LogP contribution in [0.5, 0.6) is 0 Å². The van der Waals surface area contributed by atoms with Gasteiger partial charge in [-0.3, -0.25) is 5.43 Å². The number of rotatable bonds is 7. The predicted molar refractivity (Wildman–Crippen MR) is 81.4 cm³/mol. The van der Waals surface area contributed by atoms with Crippen LogP contribution < -0.4 is 16.6 Å². The maximum absolute atomic E-state index is 5.44. The summed E-state index contributed by atoms with van der Waals surface area (Å²) in [7, 11) is 0. The second kappa shape index (κ2) is 8.90. The highest BCUT2D eigenvalue weighted by Gasteiger charge is 2.01. The number of hydrogen-bond donors (Lipinski definition) is 3. The Balaban J connectivity index is 2.35. The molecule has 0 saturated carbocycles. The molecule has 0 amide bonds. The number of hydrazine groups is 1. The van der Waals surface area contributed by atoms with Gasteiger partial charge < -0.3 is 10.1 Å². The number of ether oxygens (including phenoxy) is 1. The normalized spacial score (nSPS) is 11.7. The van der Waals surface area contributed by atoms with Crippen molar-refractivity contribution in [1.29, 1.82) is 0 Å². The fraction of sp³-hybridized carbons (Fsp3) is 0.615. The van der Waals surface area contributed by atoms with Crippen molar-refractivity contribution >= 4 is 17.3 Å². The molecular weight excluding hydrogens is 260 g/mol. The van der Waals surface area contributed by atoms with Gasteiger partial charge in [-0.05, 0) is 38.8 Å². The summed E-state index contributed by atoms with van der Waals surface area (Å²) < 4.78 is 5.26. The van der Waals surface area contributed by atoms with E-state index in [1.807, 2.05) is 6.92 Å². The van der Waals surface area contributed by atoms with E-state index in [4.69, 9.17) is 10.6 Å². The van der Waals surface area contributed by atoms with Crippen molar-refractivity contribution in [2.75, 3.05) is 19.8 Å². The lowest BCUT2D eigenvalue weighted by molar-refractivity contribution is 0.145. The molecule has 0 spiro atoms. The molecule has 1 aromatic rings. The average molecular weight is 284 g/mol. The summed E-state index contributed by atoms with van der Waals surface area (Å²) in [6.07, 6.45) is 0.936. The Morgan fingerprint density at radius 1 is 1.47 bits per heavy atom. The number of nitrogens with two attached hydrogens (primary N) is 1. The van der Waals surface area contributed by atoms with Gasteiger partial charge in [0, 0.05) is 29.5 Å². The number of aliphatic imine (C=N–C) groups is 1. The van der Waals surface area contributed by atoms with Crippen LogP contribution in [-0.2, 0) is 11.3 Å². The van der Waals surface area contributed by atoms with Gasteiger partial charge in [0.15, 0.2) is 0 Å². The van der Waals surface area contributed by atoms with Crippen molar-refractivity contribution < 1.29 is 4.74 Å². The molecular formula is C13H24N4OS. The van der Waals surface area contributed by atoms with Crippen LogP contribution in [0.15, 0.2) is 11.1 Å². The lowest BCUT2D eigenvalue weighted by Gasteiger charge is -2.08. The van der Waals surface area contributed by atoms with Crippen LogP contribution in [0.3, 0.4) is 0 Å². The number of guanidine groups is 1. The number of nitrogens with zero attached hydrogens (tertiary/aromatic N) is 1. The number of hydrogen-bond acceptors (Lipinski definition) is 4. The first-order chi connectivity index (χ1) is 9.17. The molecule has 0 fully saturated rings. The highest BCUT2D eigenvalue weighted by atomic mass is 32.1. The van der Waals surface area contributed by atoms with Gasteiger partial charge in [-0.1, -0.05) is 0 Å². The van der Waals surface area contributed by atoms with E-state index in [0.29, 0.717) is 12.5 Å². The van der Waals surface area contributed by atoms with Gasteiger partial charge in [0.1, 0.15) is 0 Å². The van der Waals surface area contributed by atoms with Gasteiger partial charge in [-0.25, -0.2) is 10.8 Å². The summed E-state index contributed by atoms with van der Waals surface area (Å²) in [5.74, 6) is 6.07. The Kier molecular flexibility index (Phi) is 7.47. The van der Waals surface area contributed by atoms with Crippen LogP contribution >= 0.6 is 11.3 Å². The first kappa shape index (κ1) is 15.9. The van der Waals surface area contributed by atoms with Gasteiger partial charge in [0.2, 0.25) is 5.96 Å². The van der Waals surface area contributed by atoms with Gasteiger partial charge in [-0.15, -0.1) is 11.3 Å². The summed E-state index contributed by atoms with van der Waals surface area (Å²) in [4.78, 5) is 7.02. The zero-order valence-corrected chi connectivity index (χ0v) is 12.8. The minimum Gasteiger partial charge on any atom is -0.382 e. The van der Waals surface area contributed by atoms with Gasteiger partial charge in [0.05, 0.1) is 6.54 Å².